The van der Waals surface area contributed by atoms with Gasteiger partial charge in [-0.3, -0.25) is 9.36 Å². The smallest absolute Gasteiger partial charge is 0.233 e. The van der Waals surface area contributed by atoms with E-state index in [2.05, 4.69) is 10.2 Å². The van der Waals surface area contributed by atoms with Gasteiger partial charge in [0.2, 0.25) is 5.91 Å². The highest BCUT2D eigenvalue weighted by molar-refractivity contribution is 7.99. The molecule has 0 N–H and O–H groups in total. The van der Waals surface area contributed by atoms with Crippen molar-refractivity contribution in [2.75, 3.05) is 26.0 Å². The number of rotatable bonds is 6. The van der Waals surface area contributed by atoms with Crippen LogP contribution >= 0.6 is 23.1 Å². The summed E-state index contributed by atoms with van der Waals surface area (Å²) in [5, 5.41) is 11.6. The molecule has 8 heteroatoms. The maximum atomic E-state index is 12.8. The van der Waals surface area contributed by atoms with Crippen LogP contribution < -0.4 is 4.74 Å². The molecule has 1 saturated heterocycles. The van der Waals surface area contributed by atoms with Crippen LogP contribution in [0.5, 0.6) is 5.75 Å². The SMILES string of the molecule is COc1ccccc1-n1c(SCC(=O)N2CCCCCC2)nnc1-c1cccs1. The Morgan fingerprint density at radius 2 is 1.90 bits per heavy atom. The van der Waals surface area contributed by atoms with Gasteiger partial charge in [0.15, 0.2) is 11.0 Å². The molecule has 1 aromatic carbocycles. The summed E-state index contributed by atoms with van der Waals surface area (Å²) in [6.45, 7) is 1.72. The van der Waals surface area contributed by atoms with E-state index in [9.17, 15) is 4.79 Å². The molecule has 3 heterocycles. The van der Waals surface area contributed by atoms with E-state index in [1.165, 1.54) is 24.6 Å². The van der Waals surface area contributed by atoms with E-state index in [0.29, 0.717) is 10.9 Å². The molecule has 4 rings (SSSR count). The Morgan fingerprint density at radius 1 is 1.10 bits per heavy atom. The van der Waals surface area contributed by atoms with Crippen molar-refractivity contribution >= 4 is 29.0 Å². The molecule has 0 aliphatic carbocycles. The number of nitrogens with zero attached hydrogens (tertiary/aromatic N) is 4. The topological polar surface area (TPSA) is 60.2 Å². The number of likely N-dealkylation sites (tertiary alicyclic amines) is 1. The van der Waals surface area contributed by atoms with Crippen LogP contribution in [0.4, 0.5) is 0 Å². The number of thiophene rings is 1. The number of benzene rings is 1. The number of hydrogen-bond donors (Lipinski definition) is 0. The minimum atomic E-state index is 0.171. The van der Waals surface area contributed by atoms with Gasteiger partial charge in [-0.25, -0.2) is 0 Å². The van der Waals surface area contributed by atoms with Gasteiger partial charge in [0.05, 0.1) is 23.4 Å². The highest BCUT2D eigenvalue weighted by atomic mass is 32.2. The Bertz CT molecular complexity index is 948. The second kappa shape index (κ2) is 9.45. The fraction of sp³-hybridized carbons (Fsp3) is 0.381. The van der Waals surface area contributed by atoms with E-state index in [1.54, 1.807) is 18.4 Å². The molecule has 1 amide bonds. The molecule has 3 aromatic rings. The third-order valence-electron chi connectivity index (χ3n) is 4.98. The van der Waals surface area contributed by atoms with Gasteiger partial charge in [0, 0.05) is 13.1 Å². The number of amides is 1. The number of carbonyl (C=O) groups excluding carboxylic acids is 1. The zero-order valence-electron chi connectivity index (χ0n) is 16.4. The molecule has 0 unspecified atom stereocenters. The first-order valence-electron chi connectivity index (χ1n) is 9.81. The summed E-state index contributed by atoms with van der Waals surface area (Å²) in [5.74, 6) is 2.03. The predicted molar refractivity (Wildman–Crippen MR) is 117 cm³/mol. The molecule has 152 valence electrons. The summed E-state index contributed by atoms with van der Waals surface area (Å²) in [6, 6.07) is 11.8. The van der Waals surface area contributed by atoms with Gasteiger partial charge in [-0.15, -0.1) is 21.5 Å². The van der Waals surface area contributed by atoms with Crippen molar-refractivity contribution in [2.45, 2.75) is 30.8 Å². The average molecular weight is 429 g/mol. The van der Waals surface area contributed by atoms with Crippen molar-refractivity contribution in [1.82, 2.24) is 19.7 Å². The predicted octanol–water partition coefficient (Wildman–Crippen LogP) is 4.50. The summed E-state index contributed by atoms with van der Waals surface area (Å²) >= 11 is 3.05. The van der Waals surface area contributed by atoms with Crippen LogP contribution in [-0.2, 0) is 4.79 Å². The van der Waals surface area contributed by atoms with Crippen LogP contribution in [-0.4, -0.2) is 51.5 Å². The van der Waals surface area contributed by atoms with Crippen molar-refractivity contribution in [2.24, 2.45) is 0 Å². The van der Waals surface area contributed by atoms with Gasteiger partial charge >= 0.3 is 0 Å². The van der Waals surface area contributed by atoms with Crippen molar-refractivity contribution in [3.63, 3.8) is 0 Å². The number of thioether (sulfide) groups is 1. The molecule has 1 aliphatic rings. The van der Waals surface area contributed by atoms with Crippen molar-refractivity contribution in [3.8, 4) is 22.1 Å². The Kier molecular flexibility index (Phi) is 6.51. The average Bonchev–Trinajstić information content (AvgIpc) is 3.35. The van der Waals surface area contributed by atoms with E-state index in [4.69, 9.17) is 4.74 Å². The summed E-state index contributed by atoms with van der Waals surface area (Å²) in [6.07, 6.45) is 4.61. The number of hydrogen-bond acceptors (Lipinski definition) is 6. The van der Waals surface area contributed by atoms with Crippen LogP contribution in [0.3, 0.4) is 0 Å². The number of methoxy groups -OCH3 is 1. The molecule has 1 aliphatic heterocycles. The van der Waals surface area contributed by atoms with Gasteiger partial charge in [-0.05, 0) is 36.4 Å². The molecule has 0 spiro atoms. The second-order valence-electron chi connectivity index (χ2n) is 6.87. The van der Waals surface area contributed by atoms with Gasteiger partial charge in [-0.1, -0.05) is 42.8 Å². The summed E-state index contributed by atoms with van der Waals surface area (Å²) in [4.78, 5) is 15.8. The minimum Gasteiger partial charge on any atom is -0.495 e. The monoisotopic (exact) mass is 428 g/mol. The maximum absolute atomic E-state index is 12.8. The molecular formula is C21H24N4O2S2. The van der Waals surface area contributed by atoms with Crippen LogP contribution in [0.2, 0.25) is 0 Å². The summed E-state index contributed by atoms with van der Waals surface area (Å²) < 4.78 is 7.56. The molecule has 1 fully saturated rings. The Balaban J connectivity index is 1.62. The molecule has 29 heavy (non-hydrogen) atoms. The molecule has 0 bridgehead atoms. The molecule has 6 nitrogen and oxygen atoms in total. The van der Waals surface area contributed by atoms with Crippen molar-refractivity contribution in [1.29, 1.82) is 0 Å². The lowest BCUT2D eigenvalue weighted by Gasteiger charge is -2.20. The van der Waals surface area contributed by atoms with Crippen molar-refractivity contribution < 1.29 is 9.53 Å². The van der Waals surface area contributed by atoms with E-state index < -0.39 is 0 Å². The molecule has 0 atom stereocenters. The fourth-order valence-electron chi connectivity index (χ4n) is 3.50. The molecular weight excluding hydrogens is 404 g/mol. The maximum Gasteiger partial charge on any atom is 0.233 e. The van der Waals surface area contributed by atoms with Crippen LogP contribution in [0, 0.1) is 0 Å². The van der Waals surface area contributed by atoms with E-state index >= 15 is 0 Å². The highest BCUT2D eigenvalue weighted by Crippen LogP contribution is 2.34. The number of aromatic nitrogens is 3. The van der Waals surface area contributed by atoms with E-state index in [1.807, 2.05) is 51.2 Å². The quantitative estimate of drug-likeness (QED) is 0.541. The van der Waals surface area contributed by atoms with E-state index in [-0.39, 0.29) is 5.91 Å². The third-order valence-corrected chi connectivity index (χ3v) is 6.76. The number of carbonyl (C=O) groups is 1. The zero-order valence-corrected chi connectivity index (χ0v) is 18.0. The zero-order chi connectivity index (χ0) is 20.1. The standard InChI is InChI=1S/C21H24N4O2S2/c1-27-17-10-5-4-9-16(17)25-20(18-11-8-14-28-18)22-23-21(25)29-15-19(26)24-12-6-2-3-7-13-24/h4-5,8-11,14H,2-3,6-7,12-13,15H2,1H3. The van der Waals surface area contributed by atoms with Crippen molar-refractivity contribution in [3.05, 3.63) is 41.8 Å². The summed E-state index contributed by atoms with van der Waals surface area (Å²) in [5.41, 5.74) is 0.869. The largest absolute Gasteiger partial charge is 0.495 e. The first-order chi connectivity index (χ1) is 14.3. The second-order valence-corrected chi connectivity index (χ2v) is 8.76. The Morgan fingerprint density at radius 3 is 2.62 bits per heavy atom. The molecule has 0 saturated carbocycles. The van der Waals surface area contributed by atoms with Crippen LogP contribution in [0.1, 0.15) is 25.7 Å². The van der Waals surface area contributed by atoms with Gasteiger partial charge < -0.3 is 9.64 Å². The normalized spacial score (nSPS) is 14.6. The third kappa shape index (κ3) is 4.48. The Hall–Kier alpha value is -2.32. The fourth-order valence-corrected chi connectivity index (χ4v) is 5.04. The lowest BCUT2D eigenvalue weighted by atomic mass is 10.2. The first-order valence-corrected chi connectivity index (χ1v) is 11.7. The van der Waals surface area contributed by atoms with Gasteiger partial charge in [0.25, 0.3) is 0 Å². The lowest BCUT2D eigenvalue weighted by Crippen LogP contribution is -2.33. The highest BCUT2D eigenvalue weighted by Gasteiger charge is 2.22. The Labute approximate surface area is 178 Å². The lowest BCUT2D eigenvalue weighted by molar-refractivity contribution is -0.128. The number of ether oxygens (including phenoxy) is 1. The van der Waals surface area contributed by atoms with Gasteiger partial charge in [0.1, 0.15) is 5.75 Å². The minimum absolute atomic E-state index is 0.171. The first kappa shape index (κ1) is 20.0. The molecule has 2 aromatic heterocycles. The summed E-state index contributed by atoms with van der Waals surface area (Å²) in [7, 11) is 1.66. The van der Waals surface area contributed by atoms with Crippen LogP contribution in [0.15, 0.2) is 46.9 Å². The van der Waals surface area contributed by atoms with Crippen LogP contribution in [0.25, 0.3) is 16.4 Å². The number of para-hydroxylation sites is 2. The van der Waals surface area contributed by atoms with Gasteiger partial charge in [-0.2, -0.15) is 0 Å². The van der Waals surface area contributed by atoms with E-state index in [0.717, 1.165) is 48.1 Å². The molecule has 0 radical (unpaired) electrons.